The Hall–Kier alpha value is -3.14. The second-order valence-electron chi connectivity index (χ2n) is 5.37. The van der Waals surface area contributed by atoms with Crippen molar-refractivity contribution in [1.29, 1.82) is 0 Å². The van der Waals surface area contributed by atoms with E-state index in [0.717, 1.165) is 22.6 Å². The van der Waals surface area contributed by atoms with Crippen molar-refractivity contribution in [3.63, 3.8) is 0 Å². The first-order valence-electron chi connectivity index (χ1n) is 7.77. The average Bonchev–Trinajstić information content (AvgIpc) is 2.63. The molecule has 0 fully saturated rings. The number of hydrogen-bond donors (Lipinski definition) is 1. The van der Waals surface area contributed by atoms with Gasteiger partial charge in [0.05, 0.1) is 6.42 Å². The van der Waals surface area contributed by atoms with E-state index in [1.54, 1.807) is 12.4 Å². The molecule has 1 aromatic heterocycles. The molecule has 0 bridgehead atoms. The normalized spacial score (nSPS) is 10.2. The summed E-state index contributed by atoms with van der Waals surface area (Å²) in [6, 6.07) is 20.9. The zero-order valence-corrected chi connectivity index (χ0v) is 13.2. The Morgan fingerprint density at radius 1 is 0.833 bits per heavy atom. The lowest BCUT2D eigenvalue weighted by Crippen LogP contribution is -2.24. The molecule has 2 aromatic carbocycles. The van der Waals surface area contributed by atoms with E-state index in [1.165, 1.54) is 0 Å². The molecule has 24 heavy (non-hydrogen) atoms. The summed E-state index contributed by atoms with van der Waals surface area (Å²) in [4.78, 5) is 16.0. The Kier molecular flexibility index (Phi) is 5.20. The fourth-order valence-electron chi connectivity index (χ4n) is 2.25. The summed E-state index contributed by atoms with van der Waals surface area (Å²) in [6.07, 6.45) is 3.77. The number of pyridine rings is 1. The van der Waals surface area contributed by atoms with Gasteiger partial charge >= 0.3 is 0 Å². The highest BCUT2D eigenvalue weighted by Gasteiger charge is 2.04. The molecule has 0 aliphatic heterocycles. The first-order chi connectivity index (χ1) is 11.8. The van der Waals surface area contributed by atoms with E-state index in [0.29, 0.717) is 13.0 Å². The van der Waals surface area contributed by atoms with Crippen LogP contribution >= 0.6 is 0 Å². The number of nitrogens with one attached hydrogen (secondary N) is 1. The van der Waals surface area contributed by atoms with Crippen molar-refractivity contribution in [1.82, 2.24) is 10.3 Å². The highest BCUT2D eigenvalue weighted by Crippen LogP contribution is 2.21. The van der Waals surface area contributed by atoms with Crippen molar-refractivity contribution >= 4 is 5.91 Å². The molecule has 0 saturated heterocycles. The van der Waals surface area contributed by atoms with Crippen molar-refractivity contribution in [2.75, 3.05) is 0 Å². The van der Waals surface area contributed by atoms with E-state index in [1.807, 2.05) is 66.7 Å². The van der Waals surface area contributed by atoms with Gasteiger partial charge in [0.2, 0.25) is 5.91 Å². The minimum atomic E-state index is -0.0106. The summed E-state index contributed by atoms with van der Waals surface area (Å²) in [5.74, 6) is 1.53. The first-order valence-corrected chi connectivity index (χ1v) is 7.77. The van der Waals surface area contributed by atoms with Crippen LogP contribution in [-0.4, -0.2) is 10.9 Å². The van der Waals surface area contributed by atoms with Gasteiger partial charge in [-0.25, -0.2) is 0 Å². The fraction of sp³-hybridized carbons (Fsp3) is 0.100. The van der Waals surface area contributed by atoms with E-state index in [4.69, 9.17) is 4.74 Å². The highest BCUT2D eigenvalue weighted by atomic mass is 16.5. The van der Waals surface area contributed by atoms with Crippen LogP contribution in [-0.2, 0) is 17.8 Å². The lowest BCUT2D eigenvalue weighted by Gasteiger charge is -2.07. The number of benzene rings is 2. The van der Waals surface area contributed by atoms with Crippen LogP contribution in [0, 0.1) is 0 Å². The van der Waals surface area contributed by atoms with Gasteiger partial charge in [-0.05, 0) is 47.5 Å². The van der Waals surface area contributed by atoms with Crippen LogP contribution < -0.4 is 10.1 Å². The number of amides is 1. The Balaban J connectivity index is 1.51. The molecule has 120 valence electrons. The second-order valence-corrected chi connectivity index (χ2v) is 5.37. The predicted molar refractivity (Wildman–Crippen MR) is 92.7 cm³/mol. The molecule has 0 unspecified atom stereocenters. The SMILES string of the molecule is O=C(Cc1ccc(Oc2ccccc2)cc1)NCc1ccncc1. The van der Waals surface area contributed by atoms with Gasteiger partial charge in [0.1, 0.15) is 11.5 Å². The van der Waals surface area contributed by atoms with Gasteiger partial charge in [-0.1, -0.05) is 30.3 Å². The lowest BCUT2D eigenvalue weighted by atomic mass is 10.1. The number of para-hydroxylation sites is 1. The smallest absolute Gasteiger partial charge is 0.224 e. The first kappa shape index (κ1) is 15.7. The summed E-state index contributed by atoms with van der Waals surface area (Å²) < 4.78 is 5.74. The van der Waals surface area contributed by atoms with Crippen molar-refractivity contribution < 1.29 is 9.53 Å². The average molecular weight is 318 g/mol. The molecule has 3 aromatic rings. The third-order valence-corrected chi connectivity index (χ3v) is 3.51. The number of rotatable bonds is 6. The van der Waals surface area contributed by atoms with Crippen LogP contribution in [0.3, 0.4) is 0 Å². The zero-order valence-electron chi connectivity index (χ0n) is 13.2. The summed E-state index contributed by atoms with van der Waals surface area (Å²) in [5, 5.41) is 2.90. The highest BCUT2D eigenvalue weighted by molar-refractivity contribution is 5.78. The number of aromatic nitrogens is 1. The van der Waals surface area contributed by atoms with E-state index >= 15 is 0 Å². The minimum absolute atomic E-state index is 0.0106. The Morgan fingerprint density at radius 2 is 1.50 bits per heavy atom. The third kappa shape index (κ3) is 4.68. The van der Waals surface area contributed by atoms with Gasteiger partial charge in [0.15, 0.2) is 0 Å². The van der Waals surface area contributed by atoms with Gasteiger partial charge in [0.25, 0.3) is 0 Å². The number of ether oxygens (including phenoxy) is 1. The van der Waals surface area contributed by atoms with Crippen molar-refractivity contribution in [2.24, 2.45) is 0 Å². The van der Waals surface area contributed by atoms with E-state index in [-0.39, 0.29) is 5.91 Å². The summed E-state index contributed by atoms with van der Waals surface area (Å²) >= 11 is 0. The molecule has 1 heterocycles. The topological polar surface area (TPSA) is 51.2 Å². The van der Waals surface area contributed by atoms with E-state index in [9.17, 15) is 4.79 Å². The van der Waals surface area contributed by atoms with Gasteiger partial charge < -0.3 is 10.1 Å². The monoisotopic (exact) mass is 318 g/mol. The number of carbonyl (C=O) groups is 1. The summed E-state index contributed by atoms with van der Waals surface area (Å²) in [7, 11) is 0. The summed E-state index contributed by atoms with van der Waals surface area (Å²) in [6.45, 7) is 0.510. The van der Waals surface area contributed by atoms with Gasteiger partial charge in [-0.3, -0.25) is 9.78 Å². The maximum absolute atomic E-state index is 12.0. The van der Waals surface area contributed by atoms with Gasteiger partial charge in [-0.15, -0.1) is 0 Å². The quantitative estimate of drug-likeness (QED) is 0.753. The zero-order chi connectivity index (χ0) is 16.6. The molecule has 0 aliphatic rings. The molecule has 4 nitrogen and oxygen atoms in total. The van der Waals surface area contributed by atoms with Crippen LogP contribution in [0.2, 0.25) is 0 Å². The molecular weight excluding hydrogens is 300 g/mol. The molecule has 0 aliphatic carbocycles. The molecule has 0 spiro atoms. The van der Waals surface area contributed by atoms with Crippen LogP contribution in [0.4, 0.5) is 0 Å². The van der Waals surface area contributed by atoms with E-state index in [2.05, 4.69) is 10.3 Å². The van der Waals surface area contributed by atoms with Crippen LogP contribution in [0.5, 0.6) is 11.5 Å². The van der Waals surface area contributed by atoms with Crippen LogP contribution in [0.15, 0.2) is 79.1 Å². The molecule has 0 atom stereocenters. The van der Waals surface area contributed by atoms with Crippen molar-refractivity contribution in [3.8, 4) is 11.5 Å². The Morgan fingerprint density at radius 3 is 2.21 bits per heavy atom. The second kappa shape index (κ2) is 7.92. The predicted octanol–water partition coefficient (Wildman–Crippen LogP) is 3.73. The molecular formula is C20H18N2O2. The number of hydrogen-bond acceptors (Lipinski definition) is 3. The lowest BCUT2D eigenvalue weighted by molar-refractivity contribution is -0.120. The Bertz CT molecular complexity index is 772. The largest absolute Gasteiger partial charge is 0.457 e. The standard InChI is InChI=1S/C20H18N2O2/c23-20(22-15-17-10-12-21-13-11-17)14-16-6-8-19(9-7-16)24-18-4-2-1-3-5-18/h1-13H,14-15H2,(H,22,23). The van der Waals surface area contributed by atoms with Gasteiger partial charge in [0, 0.05) is 18.9 Å². The van der Waals surface area contributed by atoms with E-state index < -0.39 is 0 Å². The maximum atomic E-state index is 12.0. The molecule has 4 heteroatoms. The summed E-state index contributed by atoms with van der Waals surface area (Å²) in [5.41, 5.74) is 1.98. The molecule has 0 saturated carbocycles. The molecule has 1 N–H and O–H groups in total. The number of carbonyl (C=O) groups excluding carboxylic acids is 1. The van der Waals surface area contributed by atoms with Crippen LogP contribution in [0.25, 0.3) is 0 Å². The third-order valence-electron chi connectivity index (χ3n) is 3.51. The van der Waals surface area contributed by atoms with Crippen LogP contribution in [0.1, 0.15) is 11.1 Å². The minimum Gasteiger partial charge on any atom is -0.457 e. The molecule has 3 rings (SSSR count). The molecule has 0 radical (unpaired) electrons. The van der Waals surface area contributed by atoms with Crippen molar-refractivity contribution in [2.45, 2.75) is 13.0 Å². The number of nitrogens with zero attached hydrogens (tertiary/aromatic N) is 1. The van der Waals surface area contributed by atoms with Gasteiger partial charge in [-0.2, -0.15) is 0 Å². The molecule has 1 amide bonds. The Labute approximate surface area is 141 Å². The maximum Gasteiger partial charge on any atom is 0.224 e. The van der Waals surface area contributed by atoms with Crippen molar-refractivity contribution in [3.05, 3.63) is 90.3 Å². The fourth-order valence-corrected chi connectivity index (χ4v) is 2.25.